The Bertz CT molecular complexity index is 1060. The van der Waals surface area contributed by atoms with Crippen molar-refractivity contribution in [3.05, 3.63) is 77.3 Å². The lowest BCUT2D eigenvalue weighted by Crippen LogP contribution is -2.24. The minimum atomic E-state index is -3.85. The van der Waals surface area contributed by atoms with Crippen LogP contribution in [0.4, 0.5) is 10.2 Å². The highest BCUT2D eigenvalue weighted by Gasteiger charge is 2.16. The summed E-state index contributed by atoms with van der Waals surface area (Å²) in [5, 5.41) is 6.19. The number of aryl methyl sites for hydroxylation is 1. The molecular formula is C18H16FN3O4S. The van der Waals surface area contributed by atoms with Crippen LogP contribution in [0, 0.1) is 12.7 Å². The number of rotatable bonds is 6. The van der Waals surface area contributed by atoms with Gasteiger partial charge in [-0.1, -0.05) is 23.4 Å². The van der Waals surface area contributed by atoms with E-state index < -0.39 is 21.7 Å². The first-order valence-corrected chi connectivity index (χ1v) is 9.41. The topological polar surface area (TPSA) is 101 Å². The van der Waals surface area contributed by atoms with E-state index in [-0.39, 0.29) is 28.4 Å². The summed E-state index contributed by atoms with van der Waals surface area (Å²) in [5.74, 6) is -0.129. The molecule has 3 aromatic rings. The van der Waals surface area contributed by atoms with Gasteiger partial charge in [0.2, 0.25) is 10.0 Å². The molecule has 1 aromatic heterocycles. The Morgan fingerprint density at radius 1 is 1.15 bits per heavy atom. The van der Waals surface area contributed by atoms with Crippen molar-refractivity contribution in [3.8, 4) is 0 Å². The number of carbonyl (C=O) groups excluding carboxylic acids is 1. The summed E-state index contributed by atoms with van der Waals surface area (Å²) < 4.78 is 45.5. The van der Waals surface area contributed by atoms with Crippen molar-refractivity contribution in [1.29, 1.82) is 0 Å². The smallest absolute Gasteiger partial charge is 0.256 e. The quantitative estimate of drug-likeness (QED) is 0.675. The standard InChI is InChI=1S/C18H16FN3O4S/c1-12-10-17(22-26-12)21-18(23)13-6-8-15(9-7-13)27(24,25)20-11-14-4-2-3-5-16(14)19/h2-10,20H,11H2,1H3,(H,21,22,23). The molecule has 0 unspecified atom stereocenters. The van der Waals surface area contributed by atoms with Gasteiger partial charge in [0.05, 0.1) is 4.90 Å². The minimum Gasteiger partial charge on any atom is -0.360 e. The zero-order chi connectivity index (χ0) is 19.4. The summed E-state index contributed by atoms with van der Waals surface area (Å²) in [4.78, 5) is 12.1. The van der Waals surface area contributed by atoms with Crippen molar-refractivity contribution < 1.29 is 22.1 Å². The van der Waals surface area contributed by atoms with Crippen LogP contribution in [0.2, 0.25) is 0 Å². The van der Waals surface area contributed by atoms with Gasteiger partial charge in [0.15, 0.2) is 5.82 Å². The van der Waals surface area contributed by atoms with Crippen LogP contribution in [0.5, 0.6) is 0 Å². The maximum Gasteiger partial charge on any atom is 0.256 e. The third kappa shape index (κ3) is 4.57. The van der Waals surface area contributed by atoms with E-state index in [2.05, 4.69) is 15.2 Å². The summed E-state index contributed by atoms with van der Waals surface area (Å²) in [6, 6.07) is 12.8. The molecule has 0 spiro atoms. The number of sulfonamides is 1. The van der Waals surface area contributed by atoms with Crippen LogP contribution in [0.3, 0.4) is 0 Å². The van der Waals surface area contributed by atoms with Crippen LogP contribution in [-0.4, -0.2) is 19.5 Å². The summed E-state index contributed by atoms with van der Waals surface area (Å²) >= 11 is 0. The monoisotopic (exact) mass is 389 g/mol. The van der Waals surface area contributed by atoms with E-state index in [1.54, 1.807) is 19.1 Å². The van der Waals surface area contributed by atoms with Gasteiger partial charge in [-0.25, -0.2) is 17.5 Å². The molecular weight excluding hydrogens is 373 g/mol. The largest absolute Gasteiger partial charge is 0.360 e. The van der Waals surface area contributed by atoms with E-state index in [4.69, 9.17) is 4.52 Å². The molecule has 0 saturated heterocycles. The average molecular weight is 389 g/mol. The number of nitrogens with zero attached hydrogens (tertiary/aromatic N) is 1. The van der Waals surface area contributed by atoms with E-state index in [1.165, 1.54) is 42.5 Å². The molecule has 0 fully saturated rings. The van der Waals surface area contributed by atoms with E-state index in [9.17, 15) is 17.6 Å². The van der Waals surface area contributed by atoms with E-state index >= 15 is 0 Å². The first-order chi connectivity index (χ1) is 12.8. The fourth-order valence-electron chi connectivity index (χ4n) is 2.30. The van der Waals surface area contributed by atoms with Gasteiger partial charge in [0.25, 0.3) is 5.91 Å². The van der Waals surface area contributed by atoms with Gasteiger partial charge in [-0.2, -0.15) is 0 Å². The van der Waals surface area contributed by atoms with Gasteiger partial charge in [-0.3, -0.25) is 4.79 Å². The van der Waals surface area contributed by atoms with E-state index in [1.807, 2.05) is 0 Å². The van der Waals surface area contributed by atoms with Gasteiger partial charge in [-0.15, -0.1) is 0 Å². The van der Waals surface area contributed by atoms with Crippen molar-refractivity contribution in [2.24, 2.45) is 0 Å². The lowest BCUT2D eigenvalue weighted by molar-refractivity contribution is 0.102. The van der Waals surface area contributed by atoms with Crippen LogP contribution in [0.1, 0.15) is 21.7 Å². The number of nitrogens with one attached hydrogen (secondary N) is 2. The highest BCUT2D eigenvalue weighted by atomic mass is 32.2. The van der Waals surface area contributed by atoms with Crippen molar-refractivity contribution in [2.45, 2.75) is 18.4 Å². The summed E-state index contributed by atoms with van der Waals surface area (Å²) in [5.41, 5.74) is 0.490. The minimum absolute atomic E-state index is 0.0346. The predicted octanol–water partition coefficient (Wildman–Crippen LogP) is 2.85. The molecule has 1 amide bonds. The lowest BCUT2D eigenvalue weighted by Gasteiger charge is -2.08. The molecule has 140 valence electrons. The number of benzene rings is 2. The van der Waals surface area contributed by atoms with Crippen molar-refractivity contribution in [1.82, 2.24) is 9.88 Å². The second-order valence-corrected chi connectivity index (χ2v) is 7.48. The predicted molar refractivity (Wildman–Crippen MR) is 96.1 cm³/mol. The first-order valence-electron chi connectivity index (χ1n) is 7.93. The third-order valence-electron chi connectivity index (χ3n) is 3.71. The van der Waals surface area contributed by atoms with Crippen molar-refractivity contribution in [3.63, 3.8) is 0 Å². The molecule has 3 rings (SSSR count). The number of carbonyl (C=O) groups is 1. The number of hydrogen-bond acceptors (Lipinski definition) is 5. The zero-order valence-electron chi connectivity index (χ0n) is 14.3. The molecule has 7 nitrogen and oxygen atoms in total. The number of halogens is 1. The molecule has 0 bridgehead atoms. The second kappa shape index (κ2) is 7.68. The highest BCUT2D eigenvalue weighted by molar-refractivity contribution is 7.89. The Morgan fingerprint density at radius 2 is 1.85 bits per heavy atom. The summed E-state index contributed by atoms with van der Waals surface area (Å²) in [6.07, 6.45) is 0. The number of amides is 1. The molecule has 0 aliphatic carbocycles. The van der Waals surface area contributed by atoms with E-state index in [0.29, 0.717) is 5.76 Å². The van der Waals surface area contributed by atoms with Crippen LogP contribution in [-0.2, 0) is 16.6 Å². The highest BCUT2D eigenvalue weighted by Crippen LogP contribution is 2.14. The Labute approximate surface area is 155 Å². The van der Waals surface area contributed by atoms with Crippen molar-refractivity contribution >= 4 is 21.7 Å². The summed E-state index contributed by atoms with van der Waals surface area (Å²) in [7, 11) is -3.85. The fraction of sp³-hybridized carbons (Fsp3) is 0.111. The van der Waals surface area contributed by atoms with Crippen LogP contribution in [0.25, 0.3) is 0 Å². The zero-order valence-corrected chi connectivity index (χ0v) is 15.1. The molecule has 0 radical (unpaired) electrons. The molecule has 1 heterocycles. The Kier molecular flexibility index (Phi) is 5.33. The Hall–Kier alpha value is -3.04. The Balaban J connectivity index is 1.68. The Morgan fingerprint density at radius 3 is 2.48 bits per heavy atom. The third-order valence-corrected chi connectivity index (χ3v) is 5.12. The van der Waals surface area contributed by atoms with E-state index in [0.717, 1.165) is 0 Å². The molecule has 0 aliphatic rings. The van der Waals surface area contributed by atoms with Gasteiger partial charge < -0.3 is 9.84 Å². The first kappa shape index (κ1) is 18.7. The van der Waals surface area contributed by atoms with Gasteiger partial charge in [-0.05, 0) is 37.3 Å². The van der Waals surface area contributed by atoms with Gasteiger partial charge >= 0.3 is 0 Å². The number of anilines is 1. The molecule has 2 aromatic carbocycles. The number of hydrogen-bond donors (Lipinski definition) is 2. The maximum absolute atomic E-state index is 13.6. The SMILES string of the molecule is Cc1cc(NC(=O)c2ccc(S(=O)(=O)NCc3ccccc3F)cc2)no1. The maximum atomic E-state index is 13.6. The molecule has 0 saturated carbocycles. The van der Waals surface area contributed by atoms with Crippen LogP contribution in [0.15, 0.2) is 64.0 Å². The summed E-state index contributed by atoms with van der Waals surface area (Å²) in [6.45, 7) is 1.51. The molecule has 27 heavy (non-hydrogen) atoms. The van der Waals surface area contributed by atoms with Crippen LogP contribution >= 0.6 is 0 Å². The second-order valence-electron chi connectivity index (χ2n) is 5.72. The fourth-order valence-corrected chi connectivity index (χ4v) is 3.30. The van der Waals surface area contributed by atoms with Gasteiger partial charge in [0.1, 0.15) is 11.6 Å². The van der Waals surface area contributed by atoms with Gasteiger partial charge in [0, 0.05) is 23.7 Å². The lowest BCUT2D eigenvalue weighted by atomic mass is 10.2. The van der Waals surface area contributed by atoms with Crippen LogP contribution < -0.4 is 10.0 Å². The molecule has 9 heteroatoms. The molecule has 2 N–H and O–H groups in total. The average Bonchev–Trinajstić information content (AvgIpc) is 3.06. The normalized spacial score (nSPS) is 11.3. The van der Waals surface area contributed by atoms with Crippen molar-refractivity contribution in [2.75, 3.05) is 5.32 Å². The number of aromatic nitrogens is 1. The molecule has 0 aliphatic heterocycles. The molecule has 0 atom stereocenters.